The Labute approximate surface area is 91.4 Å². The van der Waals surface area contributed by atoms with Crippen molar-refractivity contribution in [1.29, 1.82) is 0 Å². The van der Waals surface area contributed by atoms with Crippen molar-refractivity contribution < 1.29 is 9.84 Å². The molecule has 2 saturated heterocycles. The molecule has 1 aliphatic carbocycles. The number of hydrogen-bond donors (Lipinski definition) is 1. The van der Waals surface area contributed by atoms with E-state index in [1.165, 1.54) is 25.7 Å². The van der Waals surface area contributed by atoms with Gasteiger partial charge in [-0.05, 0) is 38.5 Å². The van der Waals surface area contributed by atoms with Gasteiger partial charge in [0, 0.05) is 19.1 Å². The van der Waals surface area contributed by atoms with Crippen molar-refractivity contribution in [2.45, 2.75) is 62.9 Å². The molecule has 3 rings (SSSR count). The molecule has 2 aliphatic heterocycles. The molecule has 0 amide bonds. The molecule has 2 bridgehead atoms. The van der Waals surface area contributed by atoms with E-state index in [-0.39, 0.29) is 6.10 Å². The van der Waals surface area contributed by atoms with Crippen LogP contribution in [0.5, 0.6) is 0 Å². The minimum atomic E-state index is -0.0287. The van der Waals surface area contributed by atoms with Crippen LogP contribution < -0.4 is 0 Å². The molecule has 15 heavy (non-hydrogen) atoms. The lowest BCUT2D eigenvalue weighted by atomic mass is 9.91. The Morgan fingerprint density at radius 1 is 0.867 bits per heavy atom. The standard InChI is InChI=1S/C12H21NO2/c14-10-3-1-9(2-4-10)13-7-11-5-6-12(8-13)15-11/h9-12,14H,1-8H2. The molecule has 0 aromatic carbocycles. The number of aliphatic hydroxyl groups is 1. The van der Waals surface area contributed by atoms with Crippen LogP contribution in [-0.4, -0.2) is 47.4 Å². The summed E-state index contributed by atoms with van der Waals surface area (Å²) < 4.78 is 5.85. The third kappa shape index (κ3) is 2.05. The Hall–Kier alpha value is -0.120. The zero-order valence-electron chi connectivity index (χ0n) is 9.27. The SMILES string of the molecule is OC1CCC(N2CC3CCC(C2)O3)CC1. The highest BCUT2D eigenvalue weighted by Gasteiger charge is 2.37. The number of aliphatic hydroxyl groups excluding tert-OH is 1. The molecule has 0 spiro atoms. The van der Waals surface area contributed by atoms with E-state index in [0.717, 1.165) is 32.0 Å². The Morgan fingerprint density at radius 2 is 1.47 bits per heavy atom. The predicted molar refractivity (Wildman–Crippen MR) is 57.7 cm³/mol. The maximum Gasteiger partial charge on any atom is 0.0707 e. The monoisotopic (exact) mass is 211 g/mol. The van der Waals surface area contributed by atoms with Gasteiger partial charge in [0.2, 0.25) is 0 Å². The second-order valence-electron chi connectivity index (χ2n) is 5.37. The van der Waals surface area contributed by atoms with Gasteiger partial charge in [0.25, 0.3) is 0 Å². The summed E-state index contributed by atoms with van der Waals surface area (Å²) in [7, 11) is 0. The molecule has 0 aromatic rings. The van der Waals surface area contributed by atoms with Crippen LogP contribution in [0.4, 0.5) is 0 Å². The van der Waals surface area contributed by atoms with Crippen molar-refractivity contribution in [3.05, 3.63) is 0 Å². The molecule has 0 aromatic heterocycles. The van der Waals surface area contributed by atoms with Gasteiger partial charge in [-0.2, -0.15) is 0 Å². The van der Waals surface area contributed by atoms with Crippen molar-refractivity contribution in [3.8, 4) is 0 Å². The average Bonchev–Trinajstić information content (AvgIpc) is 2.59. The summed E-state index contributed by atoms with van der Waals surface area (Å²) in [5.41, 5.74) is 0. The lowest BCUT2D eigenvalue weighted by Crippen LogP contribution is -2.49. The van der Waals surface area contributed by atoms with Crippen molar-refractivity contribution in [2.24, 2.45) is 0 Å². The van der Waals surface area contributed by atoms with Gasteiger partial charge in [-0.1, -0.05) is 0 Å². The smallest absolute Gasteiger partial charge is 0.0707 e. The van der Waals surface area contributed by atoms with Gasteiger partial charge in [0.1, 0.15) is 0 Å². The molecular formula is C12H21NO2. The normalized spacial score (nSPS) is 47.0. The molecular weight excluding hydrogens is 190 g/mol. The van der Waals surface area contributed by atoms with E-state index in [4.69, 9.17) is 4.74 Å². The summed E-state index contributed by atoms with van der Waals surface area (Å²) in [6.07, 6.45) is 7.87. The summed E-state index contributed by atoms with van der Waals surface area (Å²) in [4.78, 5) is 2.62. The van der Waals surface area contributed by atoms with Crippen molar-refractivity contribution >= 4 is 0 Å². The number of morpholine rings is 1. The molecule has 2 atom stereocenters. The maximum atomic E-state index is 9.50. The molecule has 0 radical (unpaired) electrons. The van der Waals surface area contributed by atoms with Gasteiger partial charge < -0.3 is 9.84 Å². The average molecular weight is 211 g/mol. The largest absolute Gasteiger partial charge is 0.393 e. The fraction of sp³-hybridized carbons (Fsp3) is 1.00. The van der Waals surface area contributed by atoms with E-state index in [0.29, 0.717) is 12.2 Å². The molecule has 1 saturated carbocycles. The summed E-state index contributed by atoms with van der Waals surface area (Å²) in [5.74, 6) is 0. The third-order valence-corrected chi connectivity index (χ3v) is 4.25. The van der Waals surface area contributed by atoms with E-state index in [9.17, 15) is 5.11 Å². The van der Waals surface area contributed by atoms with Crippen LogP contribution in [0.2, 0.25) is 0 Å². The summed E-state index contributed by atoms with van der Waals surface area (Å²) >= 11 is 0. The van der Waals surface area contributed by atoms with E-state index >= 15 is 0 Å². The van der Waals surface area contributed by atoms with Crippen molar-refractivity contribution in [2.75, 3.05) is 13.1 Å². The first-order chi connectivity index (χ1) is 7.31. The van der Waals surface area contributed by atoms with Gasteiger partial charge in [-0.3, -0.25) is 4.90 Å². The van der Waals surface area contributed by atoms with E-state index in [2.05, 4.69) is 4.90 Å². The van der Waals surface area contributed by atoms with Crippen molar-refractivity contribution in [3.63, 3.8) is 0 Å². The summed E-state index contributed by atoms with van der Waals surface area (Å²) in [5, 5.41) is 9.50. The molecule has 3 aliphatic rings. The van der Waals surface area contributed by atoms with Crippen molar-refractivity contribution in [1.82, 2.24) is 4.90 Å². The number of fused-ring (bicyclic) bond motifs is 2. The first-order valence-corrected chi connectivity index (χ1v) is 6.39. The number of hydrogen-bond acceptors (Lipinski definition) is 3. The van der Waals surface area contributed by atoms with Gasteiger partial charge in [-0.25, -0.2) is 0 Å². The highest BCUT2D eigenvalue weighted by atomic mass is 16.5. The van der Waals surface area contributed by atoms with E-state index < -0.39 is 0 Å². The minimum Gasteiger partial charge on any atom is -0.393 e. The molecule has 3 heteroatoms. The van der Waals surface area contributed by atoms with Crippen LogP contribution in [0.1, 0.15) is 38.5 Å². The molecule has 86 valence electrons. The molecule has 2 heterocycles. The van der Waals surface area contributed by atoms with Crippen LogP contribution in [0, 0.1) is 0 Å². The zero-order chi connectivity index (χ0) is 10.3. The fourth-order valence-corrected chi connectivity index (χ4v) is 3.37. The predicted octanol–water partition coefficient (Wildman–Crippen LogP) is 1.15. The third-order valence-electron chi connectivity index (χ3n) is 4.25. The van der Waals surface area contributed by atoms with Crippen LogP contribution in [0.25, 0.3) is 0 Å². The number of likely N-dealkylation sites (tertiary alicyclic amines) is 1. The topological polar surface area (TPSA) is 32.7 Å². The molecule has 1 N–H and O–H groups in total. The van der Waals surface area contributed by atoms with E-state index in [1.54, 1.807) is 0 Å². The second-order valence-corrected chi connectivity index (χ2v) is 5.37. The maximum absolute atomic E-state index is 9.50. The summed E-state index contributed by atoms with van der Waals surface area (Å²) in [6, 6.07) is 0.723. The lowest BCUT2D eigenvalue weighted by molar-refractivity contribution is -0.0620. The lowest BCUT2D eigenvalue weighted by Gasteiger charge is -2.40. The highest BCUT2D eigenvalue weighted by molar-refractivity contribution is 4.89. The number of ether oxygens (including phenoxy) is 1. The van der Waals surface area contributed by atoms with Gasteiger partial charge in [0.15, 0.2) is 0 Å². The second kappa shape index (κ2) is 4.04. The molecule has 3 fully saturated rings. The first-order valence-electron chi connectivity index (χ1n) is 6.39. The van der Waals surface area contributed by atoms with Gasteiger partial charge >= 0.3 is 0 Å². The number of nitrogens with zero attached hydrogens (tertiary/aromatic N) is 1. The molecule has 2 unspecified atom stereocenters. The zero-order valence-corrected chi connectivity index (χ0v) is 9.27. The number of rotatable bonds is 1. The minimum absolute atomic E-state index is 0.0287. The van der Waals surface area contributed by atoms with Crippen LogP contribution in [-0.2, 0) is 4.74 Å². The molecule has 3 nitrogen and oxygen atoms in total. The Bertz CT molecular complexity index is 214. The summed E-state index contributed by atoms with van der Waals surface area (Å²) in [6.45, 7) is 2.27. The Morgan fingerprint density at radius 3 is 2.07 bits per heavy atom. The van der Waals surface area contributed by atoms with E-state index in [1.807, 2.05) is 0 Å². The van der Waals surface area contributed by atoms with Crippen LogP contribution in [0.3, 0.4) is 0 Å². The first kappa shape index (κ1) is 10.1. The van der Waals surface area contributed by atoms with Gasteiger partial charge in [-0.15, -0.1) is 0 Å². The highest BCUT2D eigenvalue weighted by Crippen LogP contribution is 2.31. The Kier molecular flexibility index (Phi) is 2.71. The van der Waals surface area contributed by atoms with Crippen LogP contribution in [0.15, 0.2) is 0 Å². The quantitative estimate of drug-likeness (QED) is 0.706. The van der Waals surface area contributed by atoms with Crippen LogP contribution >= 0.6 is 0 Å². The Balaban J connectivity index is 1.58. The van der Waals surface area contributed by atoms with Gasteiger partial charge in [0.05, 0.1) is 18.3 Å². The fourth-order valence-electron chi connectivity index (χ4n) is 3.37.